The van der Waals surface area contributed by atoms with Crippen LogP contribution in [0.2, 0.25) is 0 Å². The van der Waals surface area contributed by atoms with E-state index in [-0.39, 0.29) is 5.91 Å². The molecule has 1 aromatic heterocycles. The molecular weight excluding hydrogens is 350 g/mol. The molecule has 1 saturated heterocycles. The Morgan fingerprint density at radius 3 is 2.64 bits per heavy atom. The third-order valence-electron chi connectivity index (χ3n) is 5.02. The third kappa shape index (κ3) is 4.66. The fraction of sp³-hybridized carbons (Fsp3) is 0.348. The van der Waals surface area contributed by atoms with Crippen molar-refractivity contribution in [3.8, 4) is 0 Å². The largest absolute Gasteiger partial charge is 0.459 e. The summed E-state index contributed by atoms with van der Waals surface area (Å²) in [6, 6.07) is 9.60. The van der Waals surface area contributed by atoms with E-state index in [4.69, 9.17) is 4.42 Å². The highest BCUT2D eigenvalue weighted by atomic mass is 16.3. The normalized spacial score (nSPS) is 15.3. The molecule has 0 spiro atoms. The van der Waals surface area contributed by atoms with Crippen LogP contribution in [0.15, 0.2) is 64.9 Å². The Balaban J connectivity index is 1.73. The number of carbonyl (C=O) groups excluding carboxylic acids is 1. The summed E-state index contributed by atoms with van der Waals surface area (Å²) < 4.78 is 5.22. The molecule has 0 unspecified atom stereocenters. The Kier molecular flexibility index (Phi) is 6.58. The summed E-state index contributed by atoms with van der Waals surface area (Å²) in [6.45, 7) is 10.0. The van der Waals surface area contributed by atoms with Gasteiger partial charge in [0.05, 0.1) is 17.6 Å². The number of benzene rings is 1. The van der Waals surface area contributed by atoms with Crippen molar-refractivity contribution in [1.82, 2.24) is 4.90 Å². The molecular formula is C23H29N3O2. The minimum Gasteiger partial charge on any atom is -0.459 e. The number of piperazine rings is 1. The Morgan fingerprint density at radius 2 is 2.00 bits per heavy atom. The van der Waals surface area contributed by atoms with Crippen molar-refractivity contribution >= 4 is 17.3 Å². The molecule has 0 radical (unpaired) electrons. The van der Waals surface area contributed by atoms with Crippen LogP contribution in [-0.2, 0) is 0 Å². The molecule has 0 bridgehead atoms. The number of amides is 1. The molecule has 0 saturated carbocycles. The molecule has 3 rings (SSSR count). The Labute approximate surface area is 167 Å². The van der Waals surface area contributed by atoms with Crippen molar-refractivity contribution in [3.63, 3.8) is 0 Å². The number of carbonyl (C=O) groups is 1. The van der Waals surface area contributed by atoms with Crippen molar-refractivity contribution < 1.29 is 9.21 Å². The summed E-state index contributed by atoms with van der Waals surface area (Å²) in [5, 5.41) is 3.02. The zero-order chi connectivity index (χ0) is 19.9. The van der Waals surface area contributed by atoms with Gasteiger partial charge in [-0.25, -0.2) is 0 Å². The average Bonchev–Trinajstić information content (AvgIpc) is 3.24. The highest BCUT2D eigenvalue weighted by Gasteiger charge is 2.21. The van der Waals surface area contributed by atoms with E-state index in [0.717, 1.165) is 49.5 Å². The minimum absolute atomic E-state index is 0.224. The number of anilines is 2. The van der Waals surface area contributed by atoms with Crippen molar-refractivity contribution in [2.24, 2.45) is 0 Å². The molecule has 2 heterocycles. The van der Waals surface area contributed by atoms with Crippen LogP contribution in [0.25, 0.3) is 0 Å². The first-order valence-corrected chi connectivity index (χ1v) is 9.89. The van der Waals surface area contributed by atoms with Crippen LogP contribution in [0.5, 0.6) is 0 Å². The van der Waals surface area contributed by atoms with Gasteiger partial charge in [-0.3, -0.25) is 4.79 Å². The standard InChI is InChI=1S/C23H29N3O2/c1-4-6-8-19(5-2)25-12-14-26(15-13-25)21-11-10-18(3)17-20(21)24-23(27)22-9-7-16-28-22/h4,6-11,16-17H,5,12-15H2,1-3H3,(H,24,27)/b6-4-,19-8+. The van der Waals surface area contributed by atoms with E-state index in [2.05, 4.69) is 52.4 Å². The van der Waals surface area contributed by atoms with E-state index in [1.54, 1.807) is 12.1 Å². The van der Waals surface area contributed by atoms with Gasteiger partial charge >= 0.3 is 0 Å². The van der Waals surface area contributed by atoms with Crippen molar-refractivity contribution in [1.29, 1.82) is 0 Å². The second-order valence-electron chi connectivity index (χ2n) is 6.96. The maximum absolute atomic E-state index is 12.5. The van der Waals surface area contributed by atoms with E-state index in [1.165, 1.54) is 12.0 Å². The number of nitrogens with one attached hydrogen (secondary N) is 1. The van der Waals surface area contributed by atoms with Gasteiger partial charge in [0.25, 0.3) is 5.91 Å². The van der Waals surface area contributed by atoms with E-state index in [0.29, 0.717) is 5.76 Å². The van der Waals surface area contributed by atoms with Crippen LogP contribution >= 0.6 is 0 Å². The van der Waals surface area contributed by atoms with Gasteiger partial charge in [-0.15, -0.1) is 0 Å². The minimum atomic E-state index is -0.224. The van der Waals surface area contributed by atoms with Gasteiger partial charge in [-0.05, 0) is 56.2 Å². The second-order valence-corrected chi connectivity index (χ2v) is 6.96. The number of furan rings is 1. The van der Waals surface area contributed by atoms with E-state index < -0.39 is 0 Å². The first-order chi connectivity index (χ1) is 13.6. The fourth-order valence-corrected chi connectivity index (χ4v) is 3.51. The molecule has 5 heteroatoms. The number of aryl methyl sites for hydroxylation is 1. The predicted molar refractivity (Wildman–Crippen MR) is 115 cm³/mol. The van der Waals surface area contributed by atoms with E-state index >= 15 is 0 Å². The maximum Gasteiger partial charge on any atom is 0.291 e. The van der Waals surface area contributed by atoms with Gasteiger partial charge in [-0.1, -0.05) is 25.1 Å². The SMILES string of the molecule is C/C=C\C=C(/CC)N1CCN(c2ccc(C)cc2NC(=O)c2ccco2)CC1. The van der Waals surface area contributed by atoms with Crippen LogP contribution in [0.3, 0.4) is 0 Å². The second kappa shape index (κ2) is 9.31. The zero-order valence-corrected chi connectivity index (χ0v) is 16.9. The molecule has 28 heavy (non-hydrogen) atoms. The van der Waals surface area contributed by atoms with Crippen molar-refractivity contribution in [3.05, 3.63) is 71.8 Å². The lowest BCUT2D eigenvalue weighted by molar-refractivity contribution is 0.0996. The molecule has 1 amide bonds. The molecule has 0 atom stereocenters. The van der Waals surface area contributed by atoms with Crippen molar-refractivity contribution in [2.45, 2.75) is 27.2 Å². The van der Waals surface area contributed by atoms with Crippen LogP contribution in [-0.4, -0.2) is 37.0 Å². The molecule has 2 aromatic rings. The summed E-state index contributed by atoms with van der Waals surface area (Å²) >= 11 is 0. The van der Waals surface area contributed by atoms with Gasteiger partial charge in [0, 0.05) is 31.9 Å². The molecule has 1 aliphatic heterocycles. The molecule has 1 fully saturated rings. The van der Waals surface area contributed by atoms with Gasteiger partial charge in [0.15, 0.2) is 5.76 Å². The number of hydrogen-bond acceptors (Lipinski definition) is 4. The van der Waals surface area contributed by atoms with Crippen LogP contribution in [0.1, 0.15) is 36.4 Å². The van der Waals surface area contributed by atoms with Gasteiger partial charge in [-0.2, -0.15) is 0 Å². The lowest BCUT2D eigenvalue weighted by atomic mass is 10.1. The fourth-order valence-electron chi connectivity index (χ4n) is 3.51. The Morgan fingerprint density at radius 1 is 1.21 bits per heavy atom. The highest BCUT2D eigenvalue weighted by molar-refractivity contribution is 6.04. The molecule has 148 valence electrons. The quantitative estimate of drug-likeness (QED) is 0.730. The third-order valence-corrected chi connectivity index (χ3v) is 5.02. The first kappa shape index (κ1) is 19.8. The number of nitrogens with zero attached hydrogens (tertiary/aromatic N) is 2. The average molecular weight is 380 g/mol. The number of rotatable bonds is 6. The summed E-state index contributed by atoms with van der Waals surface area (Å²) in [6.07, 6.45) is 8.91. The van der Waals surface area contributed by atoms with Crippen molar-refractivity contribution in [2.75, 3.05) is 36.4 Å². The molecule has 1 aliphatic rings. The van der Waals surface area contributed by atoms with Crippen LogP contribution < -0.4 is 10.2 Å². The zero-order valence-electron chi connectivity index (χ0n) is 16.9. The van der Waals surface area contributed by atoms with Gasteiger partial charge < -0.3 is 19.5 Å². The molecule has 1 aromatic carbocycles. The number of hydrogen-bond donors (Lipinski definition) is 1. The highest BCUT2D eigenvalue weighted by Crippen LogP contribution is 2.29. The summed E-state index contributed by atoms with van der Waals surface area (Å²) in [5.41, 5.74) is 4.36. The molecule has 5 nitrogen and oxygen atoms in total. The summed E-state index contributed by atoms with van der Waals surface area (Å²) in [4.78, 5) is 17.3. The van der Waals surface area contributed by atoms with E-state index in [9.17, 15) is 4.79 Å². The molecule has 0 aliphatic carbocycles. The number of allylic oxidation sites excluding steroid dienone is 4. The Bertz CT molecular complexity index is 845. The first-order valence-electron chi connectivity index (χ1n) is 9.89. The lowest BCUT2D eigenvalue weighted by Crippen LogP contribution is -2.46. The summed E-state index contributed by atoms with van der Waals surface area (Å²) in [5.74, 6) is 0.0945. The van der Waals surface area contributed by atoms with E-state index in [1.807, 2.05) is 19.9 Å². The topological polar surface area (TPSA) is 48.7 Å². The Hall–Kier alpha value is -2.95. The smallest absolute Gasteiger partial charge is 0.291 e. The van der Waals surface area contributed by atoms with Crippen LogP contribution in [0, 0.1) is 6.92 Å². The summed E-state index contributed by atoms with van der Waals surface area (Å²) in [7, 11) is 0. The van der Waals surface area contributed by atoms with Gasteiger partial charge in [0.1, 0.15) is 0 Å². The monoisotopic (exact) mass is 379 g/mol. The van der Waals surface area contributed by atoms with Crippen LogP contribution in [0.4, 0.5) is 11.4 Å². The molecule has 1 N–H and O–H groups in total. The maximum atomic E-state index is 12.5. The lowest BCUT2D eigenvalue weighted by Gasteiger charge is -2.39. The van der Waals surface area contributed by atoms with Gasteiger partial charge in [0.2, 0.25) is 0 Å². The predicted octanol–water partition coefficient (Wildman–Crippen LogP) is 4.83.